The molecule has 0 radical (unpaired) electrons. The second-order valence-corrected chi connectivity index (χ2v) is 13.0. The molecule has 3 amide bonds. The van der Waals surface area contributed by atoms with Gasteiger partial charge in [-0.25, -0.2) is 23.1 Å². The highest BCUT2D eigenvalue weighted by atomic mass is 35.5. The van der Waals surface area contributed by atoms with E-state index in [4.69, 9.17) is 10.8 Å². The van der Waals surface area contributed by atoms with E-state index in [0.29, 0.717) is 64.1 Å². The molecule has 5 heterocycles. The van der Waals surface area contributed by atoms with Gasteiger partial charge in [0.2, 0.25) is 5.91 Å². The molecule has 0 atom stereocenters. The number of halogens is 3. The fourth-order valence-electron chi connectivity index (χ4n) is 7.10. The van der Waals surface area contributed by atoms with Gasteiger partial charge < -0.3 is 5.73 Å². The third kappa shape index (κ3) is 6.44. The number of aryl methyl sites for hydroxylation is 1. The Balaban J connectivity index is 0.00000406. The molecule has 2 saturated heterocycles. The molecule has 0 unspecified atom stereocenters. The molecule has 11 nitrogen and oxygen atoms in total. The molecule has 6 aromatic rings. The average Bonchev–Trinajstić information content (AvgIpc) is 3.70. The van der Waals surface area contributed by atoms with E-state index in [9.17, 15) is 14.0 Å². The molecule has 2 aliphatic rings. The zero-order valence-corrected chi connectivity index (χ0v) is 28.7. The van der Waals surface area contributed by atoms with Crippen LogP contribution in [0, 0.1) is 11.6 Å². The number of fused-ring (bicyclic) bond motifs is 2. The summed E-state index contributed by atoms with van der Waals surface area (Å²) in [6.45, 7) is 2.58. The van der Waals surface area contributed by atoms with Gasteiger partial charge in [0.1, 0.15) is 11.6 Å². The number of piperidine rings is 1. The Labute approximate surface area is 298 Å². The molecule has 51 heavy (non-hydrogen) atoms. The van der Waals surface area contributed by atoms with Gasteiger partial charge in [-0.2, -0.15) is 10.2 Å². The van der Waals surface area contributed by atoms with Crippen molar-refractivity contribution in [3.63, 3.8) is 0 Å². The first-order chi connectivity index (χ1) is 24.2. The van der Waals surface area contributed by atoms with Crippen molar-refractivity contribution >= 4 is 46.7 Å². The molecule has 0 saturated carbocycles. The van der Waals surface area contributed by atoms with E-state index in [1.807, 2.05) is 25.2 Å². The molecule has 0 bridgehead atoms. The minimum Gasteiger partial charge on any atom is -0.326 e. The smallest absolute Gasteiger partial charge is 0.326 e. The quantitative estimate of drug-likeness (QED) is 0.210. The molecule has 3 aromatic carbocycles. The van der Waals surface area contributed by atoms with Crippen LogP contribution in [0.5, 0.6) is 0 Å². The summed E-state index contributed by atoms with van der Waals surface area (Å²) in [5.41, 5.74) is 11.9. The van der Waals surface area contributed by atoms with Crippen molar-refractivity contribution in [3.8, 4) is 22.5 Å². The molecule has 3 N–H and O–H groups in total. The van der Waals surface area contributed by atoms with E-state index in [1.54, 1.807) is 39.7 Å². The zero-order valence-electron chi connectivity index (χ0n) is 27.9. The lowest BCUT2D eigenvalue weighted by molar-refractivity contribution is -0.120. The summed E-state index contributed by atoms with van der Waals surface area (Å²) in [5.74, 6) is -0.0490. The number of nitrogens with one attached hydrogen (secondary N) is 1. The van der Waals surface area contributed by atoms with E-state index in [-0.39, 0.29) is 42.9 Å². The Hall–Kier alpha value is -5.24. The van der Waals surface area contributed by atoms with Gasteiger partial charge in [0.25, 0.3) is 0 Å². The lowest BCUT2D eigenvalue weighted by atomic mass is 9.88. The maximum absolute atomic E-state index is 15.5. The first-order valence-corrected chi connectivity index (χ1v) is 16.7. The first kappa shape index (κ1) is 34.2. The minimum absolute atomic E-state index is 0. The van der Waals surface area contributed by atoms with E-state index in [1.165, 1.54) is 22.6 Å². The van der Waals surface area contributed by atoms with Crippen LogP contribution in [0.1, 0.15) is 41.9 Å². The van der Waals surface area contributed by atoms with Gasteiger partial charge in [0.15, 0.2) is 11.5 Å². The number of carbonyl (C=O) groups is 2. The van der Waals surface area contributed by atoms with Crippen LogP contribution in [0.4, 0.5) is 19.4 Å². The predicted molar refractivity (Wildman–Crippen MR) is 192 cm³/mol. The molecular weight excluding hydrogens is 676 g/mol. The summed E-state index contributed by atoms with van der Waals surface area (Å²) in [6.07, 6.45) is 3.75. The van der Waals surface area contributed by atoms with Crippen LogP contribution < -0.4 is 16.0 Å². The maximum atomic E-state index is 15.5. The number of anilines is 1. The largest absolute Gasteiger partial charge is 0.329 e. The van der Waals surface area contributed by atoms with Crippen LogP contribution in [-0.4, -0.2) is 60.9 Å². The summed E-state index contributed by atoms with van der Waals surface area (Å²) in [5, 5.41) is 12.5. The molecular formula is C37H36ClF2N9O2. The van der Waals surface area contributed by atoms with E-state index in [2.05, 4.69) is 32.4 Å². The van der Waals surface area contributed by atoms with Gasteiger partial charge in [0, 0.05) is 73.0 Å². The third-order valence-corrected chi connectivity index (χ3v) is 9.89. The van der Waals surface area contributed by atoms with Crippen LogP contribution >= 0.6 is 12.4 Å². The van der Waals surface area contributed by atoms with Crippen molar-refractivity contribution in [1.82, 2.24) is 34.6 Å². The monoisotopic (exact) mass is 711 g/mol. The zero-order chi connectivity index (χ0) is 34.5. The number of hydrogen-bond acceptors (Lipinski definition) is 7. The number of likely N-dealkylation sites (tertiary alicyclic amines) is 1. The van der Waals surface area contributed by atoms with Crippen LogP contribution in [-0.2, 0) is 24.9 Å². The number of amides is 3. The number of nitrogens with two attached hydrogens (primary N) is 1. The minimum atomic E-state index is -0.449. The standard InChI is InChI=1S/C37H35F2N9O2.ClH/c1-45-33-18-23(6-7-28(33)36(44-45)47-15-11-35(49)42-37(47)50)22-9-13-46(14-10-22)21-27-5-2-24(16-30(27)39)31-19-34-41-12-8-32(48(34)43-31)25-3-4-26(20-40)29(38)17-25;/h2-8,12,16-19,22H,9-11,13-15,20-21,40H2,1H3,(H,42,49,50);1H. The van der Waals surface area contributed by atoms with Gasteiger partial charge in [-0.15, -0.1) is 12.4 Å². The predicted octanol–water partition coefficient (Wildman–Crippen LogP) is 5.93. The first-order valence-electron chi connectivity index (χ1n) is 16.7. The van der Waals surface area contributed by atoms with Gasteiger partial charge in [0.05, 0.1) is 16.9 Å². The molecule has 3 aromatic heterocycles. The third-order valence-electron chi connectivity index (χ3n) is 9.89. The van der Waals surface area contributed by atoms with Crippen molar-refractivity contribution in [2.24, 2.45) is 12.8 Å². The topological polar surface area (TPSA) is 127 Å². The highest BCUT2D eigenvalue weighted by molar-refractivity contribution is 6.08. The lowest BCUT2D eigenvalue weighted by Crippen LogP contribution is -2.49. The average molecular weight is 712 g/mol. The number of rotatable bonds is 7. The maximum Gasteiger partial charge on any atom is 0.329 e. The number of carbonyl (C=O) groups excluding carboxylic acids is 2. The Kier molecular flexibility index (Phi) is 9.27. The fraction of sp³-hybridized carbons (Fsp3) is 0.270. The summed E-state index contributed by atoms with van der Waals surface area (Å²) < 4.78 is 33.5. The molecule has 0 spiro atoms. The second kappa shape index (κ2) is 13.8. The lowest BCUT2D eigenvalue weighted by Gasteiger charge is -2.32. The summed E-state index contributed by atoms with van der Waals surface area (Å²) in [7, 11) is 1.86. The Morgan fingerprint density at radius 1 is 0.882 bits per heavy atom. The SMILES string of the molecule is Cl.Cn1nc(N2CCC(=O)NC2=O)c2ccc(C3CCN(Cc4ccc(-c5cc6nccc(-c7ccc(CN)c(F)c7)n6n5)cc4F)CC3)cc21. The van der Waals surface area contributed by atoms with Gasteiger partial charge in [-0.1, -0.05) is 30.3 Å². The molecule has 0 aliphatic carbocycles. The molecule has 262 valence electrons. The normalized spacial score (nSPS) is 15.8. The molecule has 2 fully saturated rings. The van der Waals surface area contributed by atoms with E-state index in [0.717, 1.165) is 36.8 Å². The molecule has 8 rings (SSSR count). The molecule has 2 aliphatic heterocycles. The Morgan fingerprint density at radius 3 is 2.37 bits per heavy atom. The summed E-state index contributed by atoms with van der Waals surface area (Å²) >= 11 is 0. The van der Waals surface area contributed by atoms with Crippen molar-refractivity contribution in [1.29, 1.82) is 0 Å². The van der Waals surface area contributed by atoms with Crippen LogP contribution in [0.2, 0.25) is 0 Å². The number of aromatic nitrogens is 5. The number of nitrogens with zero attached hydrogens (tertiary/aromatic N) is 7. The Bertz CT molecular complexity index is 2300. The van der Waals surface area contributed by atoms with Crippen LogP contribution in [0.3, 0.4) is 0 Å². The second-order valence-electron chi connectivity index (χ2n) is 13.0. The van der Waals surface area contributed by atoms with Gasteiger partial charge >= 0.3 is 6.03 Å². The van der Waals surface area contributed by atoms with Crippen LogP contribution in [0.15, 0.2) is 72.9 Å². The van der Waals surface area contributed by atoms with Crippen molar-refractivity contribution in [2.45, 2.75) is 38.3 Å². The van der Waals surface area contributed by atoms with Crippen molar-refractivity contribution in [2.75, 3.05) is 24.5 Å². The Morgan fingerprint density at radius 2 is 1.63 bits per heavy atom. The van der Waals surface area contributed by atoms with E-state index < -0.39 is 6.03 Å². The number of benzene rings is 3. The van der Waals surface area contributed by atoms with Gasteiger partial charge in [-0.05, 0) is 67.7 Å². The van der Waals surface area contributed by atoms with Crippen molar-refractivity contribution < 1.29 is 18.4 Å². The summed E-state index contributed by atoms with van der Waals surface area (Å²) in [4.78, 5) is 32.3. The molecule has 14 heteroatoms. The van der Waals surface area contributed by atoms with Gasteiger partial charge in [-0.3, -0.25) is 24.6 Å². The van der Waals surface area contributed by atoms with Crippen molar-refractivity contribution in [3.05, 3.63) is 101 Å². The number of urea groups is 1. The fourth-order valence-corrected chi connectivity index (χ4v) is 7.10. The number of hydrogen-bond donors (Lipinski definition) is 2. The van der Waals surface area contributed by atoms with Crippen LogP contribution in [0.25, 0.3) is 39.1 Å². The number of imide groups is 1. The highest BCUT2D eigenvalue weighted by Gasteiger charge is 2.29. The van der Waals surface area contributed by atoms with E-state index >= 15 is 4.39 Å². The highest BCUT2D eigenvalue weighted by Crippen LogP contribution is 2.34. The summed E-state index contributed by atoms with van der Waals surface area (Å²) in [6, 6.07) is 19.5.